The Bertz CT molecular complexity index is 1390. The van der Waals surface area contributed by atoms with Crippen LogP contribution < -0.4 is 5.32 Å². The smallest absolute Gasteiger partial charge is 0.409 e. The van der Waals surface area contributed by atoms with Crippen molar-refractivity contribution in [2.45, 2.75) is 38.6 Å². The number of amides is 1. The largest absolute Gasteiger partial charge is 0.450 e. The van der Waals surface area contributed by atoms with E-state index in [4.69, 9.17) is 14.7 Å². The molecular weight excluding hydrogens is 501 g/mol. The maximum atomic E-state index is 14.9. The molecule has 9 heteroatoms. The fourth-order valence-electron chi connectivity index (χ4n) is 4.62. The monoisotopic (exact) mass is 531 g/mol. The Hall–Kier alpha value is -3.85. The van der Waals surface area contributed by atoms with Gasteiger partial charge in [-0.15, -0.1) is 11.3 Å². The van der Waals surface area contributed by atoms with E-state index in [1.165, 1.54) is 17.4 Å². The van der Waals surface area contributed by atoms with Crippen molar-refractivity contribution in [3.05, 3.63) is 83.2 Å². The first-order chi connectivity index (χ1) is 18.5. The van der Waals surface area contributed by atoms with Gasteiger partial charge in [-0.25, -0.2) is 24.1 Å². The first-order valence-electron chi connectivity index (χ1n) is 12.9. The molecule has 2 aromatic heterocycles. The lowest BCUT2D eigenvalue weighted by Gasteiger charge is -2.30. The predicted octanol–water partition coefficient (Wildman–Crippen LogP) is 6.92. The topological polar surface area (TPSA) is 80.2 Å². The molecule has 3 heterocycles. The van der Waals surface area contributed by atoms with Crippen LogP contribution >= 0.6 is 11.3 Å². The minimum absolute atomic E-state index is 0.0130. The van der Waals surface area contributed by atoms with Gasteiger partial charge in [0.05, 0.1) is 33.9 Å². The summed E-state index contributed by atoms with van der Waals surface area (Å²) in [5.74, 6) is 0.339. The molecule has 1 N–H and O–H groups in total. The lowest BCUT2D eigenvalue weighted by molar-refractivity contribution is 0.0970. The van der Waals surface area contributed by atoms with Crippen LogP contribution in [0.5, 0.6) is 0 Å². The number of thiazole rings is 1. The average Bonchev–Trinajstić information content (AvgIpc) is 3.39. The number of aromatic nitrogens is 3. The molecule has 196 valence electrons. The molecule has 0 saturated carbocycles. The molecule has 0 radical (unpaired) electrons. The number of hydrogen-bond acceptors (Lipinski definition) is 7. The van der Waals surface area contributed by atoms with Gasteiger partial charge in [0.2, 0.25) is 5.95 Å². The highest BCUT2D eigenvalue weighted by Crippen LogP contribution is 2.42. The highest BCUT2D eigenvalue weighted by atomic mass is 32.1. The zero-order valence-corrected chi connectivity index (χ0v) is 22.2. The maximum Gasteiger partial charge on any atom is 0.409 e. The zero-order chi connectivity index (χ0) is 26.5. The highest BCUT2D eigenvalue weighted by Gasteiger charge is 2.29. The van der Waals surface area contributed by atoms with Gasteiger partial charge in [0.15, 0.2) is 0 Å². The first-order valence-corrected chi connectivity index (χ1v) is 13.7. The first kappa shape index (κ1) is 25.8. The van der Waals surface area contributed by atoms with Gasteiger partial charge in [-0.2, -0.15) is 0 Å². The van der Waals surface area contributed by atoms with E-state index < -0.39 is 0 Å². The number of carbonyl (C=O) groups excluding carboxylic acids is 1. The third-order valence-corrected chi connectivity index (χ3v) is 7.92. The molecule has 1 atom stereocenters. The molecular formula is C29H30FN5O2S. The summed E-state index contributed by atoms with van der Waals surface area (Å²) in [5.41, 5.74) is 2.84. The minimum atomic E-state index is -0.326. The van der Waals surface area contributed by atoms with Gasteiger partial charge < -0.3 is 15.0 Å². The third kappa shape index (κ3) is 5.67. The number of piperidine rings is 1. The van der Waals surface area contributed by atoms with Crippen LogP contribution in [0.25, 0.3) is 21.8 Å². The number of rotatable bonds is 7. The second-order valence-electron chi connectivity index (χ2n) is 9.21. The van der Waals surface area contributed by atoms with Gasteiger partial charge in [0, 0.05) is 30.8 Å². The number of ether oxygens (including phenoxy) is 1. The predicted molar refractivity (Wildman–Crippen MR) is 148 cm³/mol. The molecule has 7 nitrogen and oxygen atoms in total. The Balaban J connectivity index is 1.45. The normalized spacial score (nSPS) is 14.8. The number of halogens is 1. The number of hydrogen-bond donors (Lipinski definition) is 1. The number of benzene rings is 2. The molecule has 5 rings (SSSR count). The summed E-state index contributed by atoms with van der Waals surface area (Å²) in [7, 11) is 0. The second kappa shape index (κ2) is 11.7. The van der Waals surface area contributed by atoms with Gasteiger partial charge in [0.1, 0.15) is 5.82 Å². The molecule has 0 spiro atoms. The second-order valence-corrected chi connectivity index (χ2v) is 10.2. The summed E-state index contributed by atoms with van der Waals surface area (Å²) in [4.78, 5) is 28.8. The summed E-state index contributed by atoms with van der Waals surface area (Å²) in [6, 6.07) is 18.6. The fraction of sp³-hybridized carbons (Fsp3) is 0.310. The van der Waals surface area contributed by atoms with Crippen LogP contribution in [0.4, 0.5) is 15.1 Å². The van der Waals surface area contributed by atoms with Crippen molar-refractivity contribution in [1.29, 1.82) is 0 Å². The van der Waals surface area contributed by atoms with E-state index in [1.807, 2.05) is 37.3 Å². The van der Waals surface area contributed by atoms with E-state index in [0.717, 1.165) is 28.3 Å². The van der Waals surface area contributed by atoms with Crippen LogP contribution in [0.15, 0.2) is 66.9 Å². The Morgan fingerprint density at radius 3 is 2.58 bits per heavy atom. The van der Waals surface area contributed by atoms with Crippen LogP contribution in [0.1, 0.15) is 49.2 Å². The van der Waals surface area contributed by atoms with Gasteiger partial charge in [-0.1, -0.05) is 42.5 Å². The fourth-order valence-corrected chi connectivity index (χ4v) is 5.84. The van der Waals surface area contributed by atoms with E-state index in [-0.39, 0.29) is 23.9 Å². The summed E-state index contributed by atoms with van der Waals surface area (Å²) < 4.78 is 20.1. The van der Waals surface area contributed by atoms with Crippen molar-refractivity contribution in [1.82, 2.24) is 19.9 Å². The molecule has 1 aliphatic heterocycles. The molecule has 0 bridgehead atoms. The molecule has 4 aromatic rings. The summed E-state index contributed by atoms with van der Waals surface area (Å²) in [5, 5.41) is 4.30. The number of carbonyl (C=O) groups is 1. The molecule has 1 saturated heterocycles. The molecule has 38 heavy (non-hydrogen) atoms. The van der Waals surface area contributed by atoms with E-state index in [1.54, 1.807) is 23.2 Å². The van der Waals surface area contributed by atoms with Gasteiger partial charge in [0.25, 0.3) is 0 Å². The van der Waals surface area contributed by atoms with E-state index >= 15 is 0 Å². The molecule has 1 fully saturated rings. The number of nitrogens with zero attached hydrogens (tertiary/aromatic N) is 4. The van der Waals surface area contributed by atoms with Gasteiger partial charge in [-0.3, -0.25) is 0 Å². The molecule has 2 aromatic carbocycles. The lowest BCUT2D eigenvalue weighted by atomic mass is 9.98. The molecule has 0 aliphatic carbocycles. The SMILES string of the molecule is CCOC(=O)N1CCC(c2nc(-c3ccccc3F)c(-c3ccnc(N[C@@H](C)c4ccccc4)n3)s2)CC1. The van der Waals surface area contributed by atoms with E-state index in [9.17, 15) is 9.18 Å². The summed E-state index contributed by atoms with van der Waals surface area (Å²) >= 11 is 1.54. The van der Waals surface area contributed by atoms with Crippen LogP contribution in [0.2, 0.25) is 0 Å². The Kier molecular flexibility index (Phi) is 7.93. The maximum absolute atomic E-state index is 14.9. The van der Waals surface area contributed by atoms with Gasteiger partial charge >= 0.3 is 6.09 Å². The number of anilines is 1. The average molecular weight is 532 g/mol. The van der Waals surface area contributed by atoms with Crippen molar-refractivity contribution in [2.24, 2.45) is 0 Å². The molecule has 0 unspecified atom stereocenters. The Morgan fingerprint density at radius 1 is 1.11 bits per heavy atom. The quantitative estimate of drug-likeness (QED) is 0.279. The summed E-state index contributed by atoms with van der Waals surface area (Å²) in [6.45, 7) is 5.44. The van der Waals surface area contributed by atoms with Crippen molar-refractivity contribution in [2.75, 3.05) is 25.0 Å². The lowest BCUT2D eigenvalue weighted by Crippen LogP contribution is -2.38. The van der Waals surface area contributed by atoms with Crippen LogP contribution in [0.3, 0.4) is 0 Å². The third-order valence-electron chi connectivity index (χ3n) is 6.68. The van der Waals surface area contributed by atoms with Crippen molar-refractivity contribution in [3.63, 3.8) is 0 Å². The number of nitrogens with one attached hydrogen (secondary N) is 1. The number of likely N-dealkylation sites (tertiary alicyclic amines) is 1. The summed E-state index contributed by atoms with van der Waals surface area (Å²) in [6.07, 6.45) is 2.98. The van der Waals surface area contributed by atoms with Crippen molar-refractivity contribution < 1.29 is 13.9 Å². The van der Waals surface area contributed by atoms with E-state index in [0.29, 0.717) is 42.6 Å². The molecule has 1 amide bonds. The van der Waals surface area contributed by atoms with E-state index in [2.05, 4.69) is 29.4 Å². The van der Waals surface area contributed by atoms with Gasteiger partial charge in [-0.05, 0) is 50.5 Å². The standard InChI is InChI=1S/C29H30FN5O2S/c1-3-37-29(36)35-17-14-21(15-18-35)27-34-25(22-11-7-8-12-23(22)30)26(38-27)24-13-16-31-28(33-24)32-19(2)20-9-5-4-6-10-20/h4-13,16,19,21H,3,14-15,17-18H2,1-2H3,(H,31,32,33)/t19-/m0/s1. The van der Waals surface area contributed by atoms with Crippen LogP contribution in [0, 0.1) is 5.82 Å². The van der Waals surface area contributed by atoms with Crippen LogP contribution in [-0.2, 0) is 4.74 Å². The Labute approximate surface area is 225 Å². The zero-order valence-electron chi connectivity index (χ0n) is 21.4. The Morgan fingerprint density at radius 2 is 1.84 bits per heavy atom. The minimum Gasteiger partial charge on any atom is -0.450 e. The van der Waals surface area contributed by atoms with Crippen molar-refractivity contribution in [3.8, 4) is 21.8 Å². The van der Waals surface area contributed by atoms with Crippen LogP contribution in [-0.4, -0.2) is 45.6 Å². The van der Waals surface area contributed by atoms with Crippen molar-refractivity contribution >= 4 is 23.4 Å². The molecule has 1 aliphatic rings. The highest BCUT2D eigenvalue weighted by molar-refractivity contribution is 7.15.